The molecular formula is C15H13BrN2O3. The van der Waals surface area contributed by atoms with Gasteiger partial charge in [0, 0.05) is 10.7 Å². The number of benzene rings is 1. The molecular weight excluding hydrogens is 336 g/mol. The number of carbonyl (C=O) groups is 2. The first-order chi connectivity index (χ1) is 9.99. The van der Waals surface area contributed by atoms with Gasteiger partial charge < -0.3 is 10.4 Å². The summed E-state index contributed by atoms with van der Waals surface area (Å²) in [4.78, 5) is 27.1. The first-order valence-corrected chi connectivity index (χ1v) is 7.03. The zero-order valence-corrected chi connectivity index (χ0v) is 12.8. The number of carbonyl (C=O) groups excluding carboxylic acids is 1. The highest BCUT2D eigenvalue weighted by molar-refractivity contribution is 9.10. The Balaban J connectivity index is 2.18. The number of rotatable bonds is 4. The largest absolute Gasteiger partial charge is 0.478 e. The summed E-state index contributed by atoms with van der Waals surface area (Å²) in [7, 11) is 0. The molecule has 1 aromatic heterocycles. The molecule has 0 aliphatic heterocycles. The van der Waals surface area contributed by atoms with Crippen LogP contribution in [0.25, 0.3) is 0 Å². The molecule has 0 saturated heterocycles. The van der Waals surface area contributed by atoms with E-state index < -0.39 is 11.9 Å². The van der Waals surface area contributed by atoms with E-state index in [2.05, 4.69) is 26.2 Å². The Morgan fingerprint density at radius 3 is 2.52 bits per heavy atom. The van der Waals surface area contributed by atoms with Gasteiger partial charge in [-0.15, -0.1) is 0 Å². The SMILES string of the molecule is CC(NC(=O)c1ncccc1C(=O)O)c1ccc(Br)cc1. The molecule has 0 spiro atoms. The summed E-state index contributed by atoms with van der Waals surface area (Å²) in [5.74, 6) is -1.69. The Bertz CT molecular complexity index is 671. The van der Waals surface area contributed by atoms with E-state index in [9.17, 15) is 9.59 Å². The van der Waals surface area contributed by atoms with Crippen molar-refractivity contribution in [1.82, 2.24) is 10.3 Å². The van der Waals surface area contributed by atoms with E-state index >= 15 is 0 Å². The summed E-state index contributed by atoms with van der Waals surface area (Å²) < 4.78 is 0.947. The van der Waals surface area contributed by atoms with Crippen LogP contribution in [0.2, 0.25) is 0 Å². The Hall–Kier alpha value is -2.21. The van der Waals surface area contributed by atoms with Crippen LogP contribution in [0.15, 0.2) is 47.1 Å². The molecule has 1 atom stereocenters. The van der Waals surface area contributed by atoms with Crippen LogP contribution in [0.1, 0.15) is 39.4 Å². The molecule has 1 unspecified atom stereocenters. The maximum atomic E-state index is 12.2. The lowest BCUT2D eigenvalue weighted by atomic mass is 10.1. The molecule has 2 aromatic rings. The molecule has 1 aromatic carbocycles. The predicted octanol–water partition coefficient (Wildman–Crippen LogP) is 3.03. The monoisotopic (exact) mass is 348 g/mol. The zero-order chi connectivity index (χ0) is 15.4. The molecule has 1 amide bonds. The van der Waals surface area contributed by atoms with Crippen LogP contribution in [0.4, 0.5) is 0 Å². The number of amides is 1. The molecule has 5 nitrogen and oxygen atoms in total. The fraction of sp³-hybridized carbons (Fsp3) is 0.133. The van der Waals surface area contributed by atoms with Gasteiger partial charge in [-0.2, -0.15) is 0 Å². The van der Waals surface area contributed by atoms with Crippen LogP contribution < -0.4 is 5.32 Å². The Labute approximate surface area is 130 Å². The molecule has 0 fully saturated rings. The van der Waals surface area contributed by atoms with Gasteiger partial charge in [-0.05, 0) is 36.8 Å². The number of halogens is 1. The second kappa shape index (κ2) is 6.49. The number of hydrogen-bond acceptors (Lipinski definition) is 3. The van der Waals surface area contributed by atoms with Crippen molar-refractivity contribution in [2.75, 3.05) is 0 Å². The Morgan fingerprint density at radius 1 is 1.24 bits per heavy atom. The van der Waals surface area contributed by atoms with Crippen molar-refractivity contribution in [2.24, 2.45) is 0 Å². The molecule has 108 valence electrons. The minimum absolute atomic E-state index is 0.0889. The minimum Gasteiger partial charge on any atom is -0.478 e. The molecule has 0 aliphatic carbocycles. The molecule has 0 bridgehead atoms. The summed E-state index contributed by atoms with van der Waals surface area (Å²) in [6, 6.07) is 10.1. The van der Waals surface area contributed by atoms with Crippen LogP contribution in [-0.4, -0.2) is 22.0 Å². The summed E-state index contributed by atoms with van der Waals surface area (Å²) in [5.41, 5.74) is 0.714. The lowest BCUT2D eigenvalue weighted by Crippen LogP contribution is -2.29. The number of nitrogens with one attached hydrogen (secondary N) is 1. The van der Waals surface area contributed by atoms with Crippen LogP contribution in [-0.2, 0) is 0 Å². The van der Waals surface area contributed by atoms with Gasteiger partial charge in [0.2, 0.25) is 0 Å². The van der Waals surface area contributed by atoms with Gasteiger partial charge in [-0.25, -0.2) is 4.79 Å². The van der Waals surface area contributed by atoms with Crippen molar-refractivity contribution >= 4 is 27.8 Å². The van der Waals surface area contributed by atoms with Crippen molar-refractivity contribution in [3.8, 4) is 0 Å². The van der Waals surface area contributed by atoms with Crippen LogP contribution in [0.3, 0.4) is 0 Å². The van der Waals surface area contributed by atoms with Crippen molar-refractivity contribution in [3.63, 3.8) is 0 Å². The lowest BCUT2D eigenvalue weighted by Gasteiger charge is -2.14. The van der Waals surface area contributed by atoms with E-state index in [1.165, 1.54) is 18.3 Å². The smallest absolute Gasteiger partial charge is 0.338 e. The molecule has 0 saturated carbocycles. The first-order valence-electron chi connectivity index (χ1n) is 6.23. The number of hydrogen-bond donors (Lipinski definition) is 2. The number of aromatic nitrogens is 1. The van der Waals surface area contributed by atoms with Gasteiger partial charge in [-0.3, -0.25) is 9.78 Å². The van der Waals surface area contributed by atoms with Crippen molar-refractivity contribution in [1.29, 1.82) is 0 Å². The van der Waals surface area contributed by atoms with Crippen molar-refractivity contribution < 1.29 is 14.7 Å². The third-order valence-corrected chi connectivity index (χ3v) is 3.50. The summed E-state index contributed by atoms with van der Waals surface area (Å²) in [5, 5.41) is 11.8. The normalized spacial score (nSPS) is 11.7. The molecule has 2 N–H and O–H groups in total. The summed E-state index contributed by atoms with van der Waals surface area (Å²) >= 11 is 3.34. The number of pyridine rings is 1. The number of aromatic carboxylic acids is 1. The highest BCUT2D eigenvalue weighted by Gasteiger charge is 2.19. The second-order valence-electron chi connectivity index (χ2n) is 4.45. The number of carboxylic acids is 1. The Kier molecular flexibility index (Phi) is 4.70. The van der Waals surface area contributed by atoms with Crippen molar-refractivity contribution in [2.45, 2.75) is 13.0 Å². The van der Waals surface area contributed by atoms with E-state index in [1.807, 2.05) is 31.2 Å². The standard InChI is InChI=1S/C15H13BrN2O3/c1-9(10-4-6-11(16)7-5-10)18-14(19)13-12(15(20)21)3-2-8-17-13/h2-9H,1H3,(H,18,19)(H,20,21). The predicted molar refractivity (Wildman–Crippen MR) is 81.2 cm³/mol. The summed E-state index contributed by atoms with van der Waals surface area (Å²) in [6.45, 7) is 1.82. The third kappa shape index (κ3) is 3.66. The molecule has 0 radical (unpaired) electrons. The quantitative estimate of drug-likeness (QED) is 0.889. The molecule has 2 rings (SSSR count). The van der Waals surface area contributed by atoms with Gasteiger partial charge in [0.1, 0.15) is 5.69 Å². The topological polar surface area (TPSA) is 79.3 Å². The zero-order valence-electron chi connectivity index (χ0n) is 11.2. The van der Waals surface area contributed by atoms with Gasteiger partial charge in [0.05, 0.1) is 11.6 Å². The highest BCUT2D eigenvalue weighted by atomic mass is 79.9. The van der Waals surface area contributed by atoms with E-state index in [0.717, 1.165) is 10.0 Å². The maximum Gasteiger partial charge on any atom is 0.338 e. The van der Waals surface area contributed by atoms with Gasteiger partial charge in [0.25, 0.3) is 5.91 Å². The van der Waals surface area contributed by atoms with Crippen molar-refractivity contribution in [3.05, 3.63) is 63.9 Å². The average molecular weight is 349 g/mol. The van der Waals surface area contributed by atoms with Gasteiger partial charge >= 0.3 is 5.97 Å². The Morgan fingerprint density at radius 2 is 1.90 bits per heavy atom. The van der Waals surface area contributed by atoms with Gasteiger partial charge in [-0.1, -0.05) is 28.1 Å². The van der Waals surface area contributed by atoms with E-state index in [4.69, 9.17) is 5.11 Å². The first kappa shape index (κ1) is 15.2. The molecule has 6 heteroatoms. The van der Waals surface area contributed by atoms with Gasteiger partial charge in [0.15, 0.2) is 0 Å². The lowest BCUT2D eigenvalue weighted by molar-refractivity contribution is 0.0689. The average Bonchev–Trinajstić information content (AvgIpc) is 2.47. The molecule has 21 heavy (non-hydrogen) atoms. The fourth-order valence-corrected chi connectivity index (χ4v) is 2.12. The van der Waals surface area contributed by atoms with E-state index in [1.54, 1.807) is 0 Å². The van der Waals surface area contributed by atoms with Crippen LogP contribution in [0, 0.1) is 0 Å². The van der Waals surface area contributed by atoms with Crippen LogP contribution in [0.5, 0.6) is 0 Å². The number of nitrogens with zero attached hydrogens (tertiary/aromatic N) is 1. The summed E-state index contributed by atoms with van der Waals surface area (Å²) in [6.07, 6.45) is 1.39. The molecule has 0 aliphatic rings. The van der Waals surface area contributed by atoms with Crippen LogP contribution >= 0.6 is 15.9 Å². The molecule has 1 heterocycles. The highest BCUT2D eigenvalue weighted by Crippen LogP contribution is 2.17. The maximum absolute atomic E-state index is 12.2. The number of carboxylic acid groups (broad SMARTS) is 1. The van der Waals surface area contributed by atoms with E-state index in [0.29, 0.717) is 0 Å². The van der Waals surface area contributed by atoms with E-state index in [-0.39, 0.29) is 17.3 Å². The minimum atomic E-state index is -1.18. The fourth-order valence-electron chi connectivity index (χ4n) is 1.86. The second-order valence-corrected chi connectivity index (χ2v) is 5.37. The third-order valence-electron chi connectivity index (χ3n) is 2.97.